The number of halogens is 4. The molecule has 2 rings (SSSR count). The largest absolute Gasteiger partial charge is 0.508 e. The van der Waals surface area contributed by atoms with Gasteiger partial charge in [0.25, 0.3) is 0 Å². The number of aliphatic hydroxyl groups is 1. The summed E-state index contributed by atoms with van der Waals surface area (Å²) in [6.07, 6.45) is -4.78. The lowest BCUT2D eigenvalue weighted by atomic mass is 9.87. The molecule has 112 valence electrons. The Bertz CT molecular complexity index is 646. The minimum absolute atomic E-state index is 0.0151. The summed E-state index contributed by atoms with van der Waals surface area (Å²) >= 11 is 0. The van der Waals surface area contributed by atoms with E-state index in [1.165, 1.54) is 31.2 Å². The van der Waals surface area contributed by atoms with E-state index in [1.54, 1.807) is 0 Å². The predicted molar refractivity (Wildman–Crippen MR) is 68.2 cm³/mol. The van der Waals surface area contributed by atoms with Crippen molar-refractivity contribution < 1.29 is 27.8 Å². The van der Waals surface area contributed by atoms with Crippen LogP contribution in [0.15, 0.2) is 42.5 Å². The minimum Gasteiger partial charge on any atom is -0.508 e. The van der Waals surface area contributed by atoms with Crippen molar-refractivity contribution in [3.63, 3.8) is 0 Å². The topological polar surface area (TPSA) is 40.5 Å². The van der Waals surface area contributed by atoms with Crippen LogP contribution in [-0.2, 0) is 11.8 Å². The second kappa shape index (κ2) is 5.04. The molecule has 1 unspecified atom stereocenters. The fourth-order valence-electron chi connectivity index (χ4n) is 2.00. The van der Waals surface area contributed by atoms with Crippen molar-refractivity contribution >= 4 is 0 Å². The van der Waals surface area contributed by atoms with Gasteiger partial charge in [0, 0.05) is 0 Å². The van der Waals surface area contributed by atoms with Gasteiger partial charge in [-0.05, 0) is 42.3 Å². The second-order valence-electron chi connectivity index (χ2n) is 4.81. The van der Waals surface area contributed by atoms with Gasteiger partial charge in [-0.2, -0.15) is 13.2 Å². The third-order valence-electron chi connectivity index (χ3n) is 3.27. The standard InChI is InChI=1S/C15H12F4O2/c1-14(21,9-2-5-11(20)6-3-9)10-4-7-12(13(16)8-10)15(17,18)19/h2-8,20-21H,1H3. The molecule has 2 nitrogen and oxygen atoms in total. The fraction of sp³-hybridized carbons (Fsp3) is 0.200. The molecule has 0 aliphatic heterocycles. The maximum Gasteiger partial charge on any atom is 0.419 e. The normalized spacial score (nSPS) is 14.8. The van der Waals surface area contributed by atoms with Gasteiger partial charge in [-0.3, -0.25) is 0 Å². The predicted octanol–water partition coefficient (Wildman–Crippen LogP) is 3.81. The van der Waals surface area contributed by atoms with E-state index in [1.807, 2.05) is 0 Å². The molecule has 1 atom stereocenters. The van der Waals surface area contributed by atoms with Gasteiger partial charge in [0.1, 0.15) is 17.2 Å². The Morgan fingerprint density at radius 3 is 1.90 bits per heavy atom. The summed E-state index contributed by atoms with van der Waals surface area (Å²) < 4.78 is 51.1. The summed E-state index contributed by atoms with van der Waals surface area (Å²) in [5, 5.41) is 19.6. The Morgan fingerprint density at radius 2 is 1.43 bits per heavy atom. The molecule has 0 amide bonds. The van der Waals surface area contributed by atoms with Crippen molar-refractivity contribution in [2.24, 2.45) is 0 Å². The lowest BCUT2D eigenvalue weighted by molar-refractivity contribution is -0.140. The molecule has 0 fully saturated rings. The average Bonchev–Trinajstić information content (AvgIpc) is 2.37. The van der Waals surface area contributed by atoms with Crippen molar-refractivity contribution in [1.29, 1.82) is 0 Å². The first-order valence-corrected chi connectivity index (χ1v) is 6.01. The van der Waals surface area contributed by atoms with E-state index >= 15 is 0 Å². The van der Waals surface area contributed by atoms with Crippen molar-refractivity contribution in [1.82, 2.24) is 0 Å². The van der Waals surface area contributed by atoms with Gasteiger partial charge in [0.05, 0.1) is 5.56 Å². The van der Waals surface area contributed by atoms with E-state index < -0.39 is 23.2 Å². The zero-order valence-electron chi connectivity index (χ0n) is 10.9. The van der Waals surface area contributed by atoms with Crippen LogP contribution in [0, 0.1) is 5.82 Å². The maximum absolute atomic E-state index is 13.6. The van der Waals surface area contributed by atoms with Gasteiger partial charge >= 0.3 is 6.18 Å². The average molecular weight is 300 g/mol. The third kappa shape index (κ3) is 3.00. The van der Waals surface area contributed by atoms with Crippen LogP contribution in [0.25, 0.3) is 0 Å². The summed E-state index contributed by atoms with van der Waals surface area (Å²) in [7, 11) is 0. The summed E-state index contributed by atoms with van der Waals surface area (Å²) in [6.45, 7) is 1.33. The van der Waals surface area contributed by atoms with E-state index in [9.17, 15) is 27.8 Å². The molecule has 0 bridgehead atoms. The SMILES string of the molecule is CC(O)(c1ccc(O)cc1)c1ccc(C(F)(F)F)c(F)c1. The molecule has 0 radical (unpaired) electrons. The molecule has 0 saturated carbocycles. The molecule has 0 aliphatic rings. The van der Waals surface area contributed by atoms with Crippen LogP contribution in [0.3, 0.4) is 0 Å². The molecule has 2 aromatic rings. The second-order valence-corrected chi connectivity index (χ2v) is 4.81. The molecular formula is C15H12F4O2. The number of alkyl halides is 3. The molecule has 2 aromatic carbocycles. The van der Waals surface area contributed by atoms with Crippen LogP contribution in [-0.4, -0.2) is 10.2 Å². The first kappa shape index (κ1) is 15.3. The van der Waals surface area contributed by atoms with Crippen LogP contribution in [0.2, 0.25) is 0 Å². The molecule has 0 aliphatic carbocycles. The Labute approximate surface area is 118 Å². The molecule has 0 aromatic heterocycles. The summed E-state index contributed by atoms with van der Waals surface area (Å²) in [6, 6.07) is 7.75. The summed E-state index contributed by atoms with van der Waals surface area (Å²) in [5.41, 5.74) is -2.76. The summed E-state index contributed by atoms with van der Waals surface area (Å²) in [5.74, 6) is -1.47. The number of phenolic OH excluding ortho intramolecular Hbond substituents is 1. The molecule has 6 heteroatoms. The highest BCUT2D eigenvalue weighted by atomic mass is 19.4. The van der Waals surface area contributed by atoms with Crippen LogP contribution < -0.4 is 0 Å². The zero-order valence-corrected chi connectivity index (χ0v) is 10.9. The first-order chi connectivity index (χ1) is 9.62. The summed E-state index contributed by atoms with van der Waals surface area (Å²) in [4.78, 5) is 0. The number of phenols is 1. The van der Waals surface area contributed by atoms with Crippen molar-refractivity contribution in [3.05, 3.63) is 65.0 Å². The van der Waals surface area contributed by atoms with Crippen molar-refractivity contribution in [3.8, 4) is 5.75 Å². The molecule has 21 heavy (non-hydrogen) atoms. The van der Waals surface area contributed by atoms with Gasteiger partial charge in [-0.25, -0.2) is 4.39 Å². The molecule has 2 N–H and O–H groups in total. The quantitative estimate of drug-likeness (QED) is 0.828. The number of aromatic hydroxyl groups is 1. The van der Waals surface area contributed by atoms with Crippen molar-refractivity contribution in [2.45, 2.75) is 18.7 Å². The molecule has 0 saturated heterocycles. The zero-order chi connectivity index (χ0) is 15.8. The fourth-order valence-corrected chi connectivity index (χ4v) is 2.00. The number of hydrogen-bond donors (Lipinski definition) is 2. The van der Waals surface area contributed by atoms with Gasteiger partial charge in [-0.1, -0.05) is 18.2 Å². The minimum atomic E-state index is -4.78. The highest BCUT2D eigenvalue weighted by Gasteiger charge is 2.35. The van der Waals surface area contributed by atoms with Crippen LogP contribution in [0.1, 0.15) is 23.6 Å². The van der Waals surface area contributed by atoms with Gasteiger partial charge in [0.15, 0.2) is 0 Å². The Balaban J connectivity index is 2.46. The lowest BCUT2D eigenvalue weighted by Crippen LogP contribution is -2.23. The highest BCUT2D eigenvalue weighted by molar-refractivity contribution is 5.39. The van der Waals surface area contributed by atoms with E-state index in [2.05, 4.69) is 0 Å². The van der Waals surface area contributed by atoms with Gasteiger partial charge in [-0.15, -0.1) is 0 Å². The number of rotatable bonds is 2. The molecule has 0 spiro atoms. The third-order valence-corrected chi connectivity index (χ3v) is 3.27. The van der Waals surface area contributed by atoms with E-state index in [-0.39, 0.29) is 11.3 Å². The number of benzene rings is 2. The lowest BCUT2D eigenvalue weighted by Gasteiger charge is -2.25. The highest BCUT2D eigenvalue weighted by Crippen LogP contribution is 2.35. The van der Waals surface area contributed by atoms with E-state index in [0.29, 0.717) is 17.7 Å². The Kier molecular flexibility index (Phi) is 3.67. The number of hydrogen-bond acceptors (Lipinski definition) is 2. The van der Waals surface area contributed by atoms with Gasteiger partial charge < -0.3 is 10.2 Å². The monoisotopic (exact) mass is 300 g/mol. The van der Waals surface area contributed by atoms with Gasteiger partial charge in [0.2, 0.25) is 0 Å². The maximum atomic E-state index is 13.6. The van der Waals surface area contributed by atoms with E-state index in [4.69, 9.17) is 0 Å². The molecular weight excluding hydrogens is 288 g/mol. The Morgan fingerprint density at radius 1 is 0.905 bits per heavy atom. The van der Waals surface area contributed by atoms with Crippen LogP contribution in [0.4, 0.5) is 17.6 Å². The Hall–Kier alpha value is -2.08. The van der Waals surface area contributed by atoms with Crippen LogP contribution in [0.5, 0.6) is 5.75 Å². The molecule has 0 heterocycles. The first-order valence-electron chi connectivity index (χ1n) is 6.01. The smallest absolute Gasteiger partial charge is 0.419 e. The van der Waals surface area contributed by atoms with Crippen molar-refractivity contribution in [2.75, 3.05) is 0 Å². The van der Waals surface area contributed by atoms with E-state index in [0.717, 1.165) is 6.07 Å². The van der Waals surface area contributed by atoms with Crippen LogP contribution >= 0.6 is 0 Å².